The van der Waals surface area contributed by atoms with E-state index in [9.17, 15) is 4.79 Å². The summed E-state index contributed by atoms with van der Waals surface area (Å²) in [7, 11) is 1.94. The van der Waals surface area contributed by atoms with Gasteiger partial charge in [0.05, 0.1) is 0 Å². The molecule has 19 heavy (non-hydrogen) atoms. The number of rotatable bonds is 7. The van der Waals surface area contributed by atoms with Crippen LogP contribution in [0.15, 0.2) is 12.1 Å². The van der Waals surface area contributed by atoms with Crippen LogP contribution in [0.2, 0.25) is 0 Å². The number of anilines is 1. The van der Waals surface area contributed by atoms with Gasteiger partial charge in [-0.25, -0.2) is 9.78 Å². The van der Waals surface area contributed by atoms with E-state index in [1.54, 1.807) is 6.07 Å². The van der Waals surface area contributed by atoms with Crippen molar-refractivity contribution < 1.29 is 9.90 Å². The highest BCUT2D eigenvalue weighted by Gasteiger charge is 2.10. The Labute approximate surface area is 116 Å². The number of carbonyl (C=O) groups is 1. The van der Waals surface area contributed by atoms with Gasteiger partial charge in [-0.2, -0.15) is 0 Å². The van der Waals surface area contributed by atoms with Crippen LogP contribution < -0.4 is 10.9 Å². The van der Waals surface area contributed by atoms with E-state index in [-0.39, 0.29) is 0 Å². The minimum atomic E-state index is -1.08. The second kappa shape index (κ2) is 7.82. The molecule has 1 rings (SSSR count). The summed E-state index contributed by atoms with van der Waals surface area (Å²) in [5, 5.41) is 10.9. The van der Waals surface area contributed by atoms with Crippen molar-refractivity contribution >= 4 is 25.4 Å². The topological polar surface area (TPSA) is 62.2 Å². The maximum absolute atomic E-state index is 10.6. The van der Waals surface area contributed by atoms with Gasteiger partial charge >= 0.3 is 6.09 Å². The van der Waals surface area contributed by atoms with Crippen LogP contribution in [0.4, 0.5) is 10.6 Å². The van der Waals surface area contributed by atoms with Gasteiger partial charge in [0, 0.05) is 5.59 Å². The molecular formula is C14H23BN2O2. The van der Waals surface area contributed by atoms with Crippen LogP contribution in [0.5, 0.6) is 0 Å². The number of carboxylic acid groups (broad SMARTS) is 1. The van der Waals surface area contributed by atoms with Crippen molar-refractivity contribution in [2.45, 2.75) is 51.9 Å². The lowest BCUT2D eigenvalue weighted by Gasteiger charge is -2.15. The van der Waals surface area contributed by atoms with Crippen molar-refractivity contribution in [1.82, 2.24) is 4.98 Å². The molecule has 104 valence electrons. The number of pyridine rings is 1. The third-order valence-electron chi connectivity index (χ3n) is 3.38. The number of hydrogen-bond donors (Lipinski definition) is 2. The second-order valence-corrected chi connectivity index (χ2v) is 5.05. The third kappa shape index (κ3) is 5.33. The van der Waals surface area contributed by atoms with Gasteiger partial charge in [-0.1, -0.05) is 45.6 Å². The fourth-order valence-electron chi connectivity index (χ4n) is 2.30. The van der Waals surface area contributed by atoms with E-state index < -0.39 is 6.09 Å². The highest BCUT2D eigenvalue weighted by molar-refractivity contribution is 6.31. The van der Waals surface area contributed by atoms with E-state index >= 15 is 0 Å². The molecule has 0 aliphatic heterocycles. The highest BCUT2D eigenvalue weighted by Crippen LogP contribution is 2.20. The van der Waals surface area contributed by atoms with Crippen molar-refractivity contribution in [1.29, 1.82) is 0 Å². The molecule has 5 heteroatoms. The molecule has 0 aliphatic carbocycles. The maximum atomic E-state index is 10.6. The average Bonchev–Trinajstić information content (AvgIpc) is 2.33. The van der Waals surface area contributed by atoms with Crippen molar-refractivity contribution in [3.8, 4) is 0 Å². The van der Waals surface area contributed by atoms with Gasteiger partial charge in [0.25, 0.3) is 0 Å². The number of nitrogens with one attached hydrogen (secondary N) is 1. The average molecular weight is 262 g/mol. The first kappa shape index (κ1) is 15.5. The first-order chi connectivity index (χ1) is 9.04. The van der Waals surface area contributed by atoms with Gasteiger partial charge in [0.1, 0.15) is 5.82 Å². The molecular weight excluding hydrogens is 239 g/mol. The Morgan fingerprint density at radius 3 is 2.74 bits per heavy atom. The summed E-state index contributed by atoms with van der Waals surface area (Å²) in [4.78, 5) is 14.8. The van der Waals surface area contributed by atoms with Gasteiger partial charge in [-0.3, -0.25) is 5.32 Å². The van der Waals surface area contributed by atoms with Crippen LogP contribution in [0.1, 0.15) is 57.4 Å². The molecule has 2 N–H and O–H groups in total. The monoisotopic (exact) mass is 262 g/mol. The molecule has 0 fully saturated rings. The SMILES string of the molecule is Bc1nc(NC(=O)O)ccc1C(C)CCCCCC. The van der Waals surface area contributed by atoms with E-state index in [0.29, 0.717) is 11.7 Å². The third-order valence-corrected chi connectivity index (χ3v) is 3.38. The van der Waals surface area contributed by atoms with Crippen LogP contribution in [0.25, 0.3) is 0 Å². The zero-order valence-corrected chi connectivity index (χ0v) is 12.1. The standard InChI is InChI=1S/C14H23BN2O2/c1-3-4-5-6-7-10(2)11-8-9-12(16-13(11)15)17-14(18)19/h8-10H,3-7,15H2,1-2H3,(H,16,17)(H,18,19). The molecule has 0 spiro atoms. The summed E-state index contributed by atoms with van der Waals surface area (Å²) in [6, 6.07) is 3.72. The highest BCUT2D eigenvalue weighted by atomic mass is 16.4. The molecule has 1 aromatic rings. The molecule has 0 saturated carbocycles. The zero-order valence-electron chi connectivity index (χ0n) is 12.1. The Morgan fingerprint density at radius 1 is 1.42 bits per heavy atom. The van der Waals surface area contributed by atoms with Crippen LogP contribution in [-0.2, 0) is 0 Å². The van der Waals surface area contributed by atoms with Crippen LogP contribution >= 0.6 is 0 Å². The molecule has 1 heterocycles. The Morgan fingerprint density at radius 2 is 2.16 bits per heavy atom. The molecule has 1 atom stereocenters. The van der Waals surface area contributed by atoms with Crippen molar-refractivity contribution in [2.24, 2.45) is 0 Å². The lowest BCUT2D eigenvalue weighted by Crippen LogP contribution is -2.20. The molecule has 1 amide bonds. The van der Waals surface area contributed by atoms with Gasteiger partial charge in [-0.05, 0) is 24.0 Å². The minimum Gasteiger partial charge on any atom is -0.465 e. The summed E-state index contributed by atoms with van der Waals surface area (Å²) >= 11 is 0. The van der Waals surface area contributed by atoms with E-state index in [2.05, 4.69) is 24.1 Å². The van der Waals surface area contributed by atoms with Crippen LogP contribution in [0.3, 0.4) is 0 Å². The number of aromatic nitrogens is 1. The van der Waals surface area contributed by atoms with E-state index in [4.69, 9.17) is 5.11 Å². The van der Waals surface area contributed by atoms with Crippen LogP contribution in [0, 0.1) is 0 Å². The Hall–Kier alpha value is -1.52. The zero-order chi connectivity index (χ0) is 14.3. The van der Waals surface area contributed by atoms with Crippen molar-refractivity contribution in [3.63, 3.8) is 0 Å². The van der Waals surface area contributed by atoms with Crippen molar-refractivity contribution in [2.75, 3.05) is 5.32 Å². The van der Waals surface area contributed by atoms with Gasteiger partial charge in [0.15, 0.2) is 7.85 Å². The van der Waals surface area contributed by atoms with Crippen molar-refractivity contribution in [3.05, 3.63) is 17.7 Å². The smallest absolute Gasteiger partial charge is 0.410 e. The van der Waals surface area contributed by atoms with E-state index in [1.807, 2.05) is 13.9 Å². The normalized spacial score (nSPS) is 12.1. The number of hydrogen-bond acceptors (Lipinski definition) is 2. The number of unbranched alkanes of at least 4 members (excludes halogenated alkanes) is 3. The lowest BCUT2D eigenvalue weighted by molar-refractivity contribution is 0.209. The summed E-state index contributed by atoms with van der Waals surface area (Å²) in [6.45, 7) is 4.42. The minimum absolute atomic E-state index is 0.395. The molecule has 0 radical (unpaired) electrons. The molecule has 1 aromatic heterocycles. The number of amides is 1. The van der Waals surface area contributed by atoms with Gasteiger partial charge in [0.2, 0.25) is 0 Å². The molecule has 0 saturated heterocycles. The quantitative estimate of drug-likeness (QED) is 0.586. The Balaban J connectivity index is 2.60. The molecule has 0 aromatic carbocycles. The van der Waals surface area contributed by atoms with Gasteiger partial charge < -0.3 is 5.11 Å². The second-order valence-electron chi connectivity index (χ2n) is 5.05. The predicted octanol–water partition coefficient (Wildman–Crippen LogP) is 2.50. The fourth-order valence-corrected chi connectivity index (χ4v) is 2.30. The fraction of sp³-hybridized carbons (Fsp3) is 0.571. The maximum Gasteiger partial charge on any atom is 0.410 e. The molecule has 0 aliphatic rings. The van der Waals surface area contributed by atoms with E-state index in [1.165, 1.54) is 31.2 Å². The number of nitrogens with zero attached hydrogens (tertiary/aromatic N) is 1. The largest absolute Gasteiger partial charge is 0.465 e. The van der Waals surface area contributed by atoms with Gasteiger partial charge in [-0.15, -0.1) is 0 Å². The molecule has 4 nitrogen and oxygen atoms in total. The molecule has 1 unspecified atom stereocenters. The first-order valence-electron chi connectivity index (χ1n) is 7.02. The Bertz CT molecular complexity index is 424. The summed E-state index contributed by atoms with van der Waals surface area (Å²) < 4.78 is 0. The Kier molecular flexibility index (Phi) is 6.40. The molecule has 0 bridgehead atoms. The first-order valence-corrected chi connectivity index (χ1v) is 7.02. The van der Waals surface area contributed by atoms with Crippen LogP contribution in [-0.4, -0.2) is 24.0 Å². The van der Waals surface area contributed by atoms with E-state index in [0.717, 1.165) is 12.0 Å². The summed E-state index contributed by atoms with van der Waals surface area (Å²) in [5.41, 5.74) is 2.13. The lowest BCUT2D eigenvalue weighted by atomic mass is 9.87. The predicted molar refractivity (Wildman–Crippen MR) is 81.2 cm³/mol. The summed E-state index contributed by atoms with van der Waals surface area (Å²) in [6.07, 6.45) is 5.16. The summed E-state index contributed by atoms with van der Waals surface area (Å²) in [5.74, 6) is 0.871.